The van der Waals surface area contributed by atoms with Crippen molar-refractivity contribution in [2.45, 2.75) is 6.92 Å². The van der Waals surface area contributed by atoms with Crippen molar-refractivity contribution >= 4 is 16.9 Å². The van der Waals surface area contributed by atoms with E-state index in [0.717, 1.165) is 0 Å². The Labute approximate surface area is 96.9 Å². The Bertz CT molecular complexity index is 559. The van der Waals surface area contributed by atoms with Crippen LogP contribution in [-0.2, 0) is 4.74 Å². The summed E-state index contributed by atoms with van der Waals surface area (Å²) in [5.74, 6) is -1.01. The first-order valence-electron chi connectivity index (χ1n) is 5.09. The van der Waals surface area contributed by atoms with Crippen molar-refractivity contribution in [2.75, 3.05) is 13.7 Å². The van der Waals surface area contributed by atoms with Gasteiger partial charge in [-0.3, -0.25) is 0 Å². The van der Waals surface area contributed by atoms with E-state index in [9.17, 15) is 9.18 Å². The fourth-order valence-corrected chi connectivity index (χ4v) is 1.55. The molecule has 5 heteroatoms. The van der Waals surface area contributed by atoms with Crippen molar-refractivity contribution in [3.05, 3.63) is 29.8 Å². The topological polar surface area (TPSA) is 48.7 Å². The Morgan fingerprint density at radius 1 is 1.47 bits per heavy atom. The minimum Gasteiger partial charge on any atom is -0.494 e. The zero-order valence-corrected chi connectivity index (χ0v) is 9.45. The summed E-state index contributed by atoms with van der Waals surface area (Å²) in [6.45, 7) is 1.95. The number of carbonyl (C=O) groups is 1. The Morgan fingerprint density at radius 3 is 2.88 bits per heavy atom. The molecule has 0 aliphatic rings. The average Bonchev–Trinajstić information content (AvgIpc) is 2.71. The lowest BCUT2D eigenvalue weighted by Gasteiger charge is -2.02. The Hall–Kier alpha value is -2.04. The van der Waals surface area contributed by atoms with E-state index < -0.39 is 11.8 Å². The average molecular weight is 238 g/mol. The van der Waals surface area contributed by atoms with Crippen LogP contribution in [0.4, 0.5) is 4.39 Å². The lowest BCUT2D eigenvalue weighted by atomic mass is 10.1. The molecule has 1 aromatic carbocycles. The fourth-order valence-electron chi connectivity index (χ4n) is 1.55. The van der Waals surface area contributed by atoms with Gasteiger partial charge in [0.2, 0.25) is 0 Å². The lowest BCUT2D eigenvalue weighted by molar-refractivity contribution is 0.0527. The Balaban J connectivity index is 2.54. The highest BCUT2D eigenvalue weighted by atomic mass is 19.1. The van der Waals surface area contributed by atoms with E-state index in [1.54, 1.807) is 6.92 Å². The van der Waals surface area contributed by atoms with E-state index in [-0.39, 0.29) is 17.9 Å². The van der Waals surface area contributed by atoms with Gasteiger partial charge < -0.3 is 13.9 Å². The van der Waals surface area contributed by atoms with E-state index in [0.29, 0.717) is 11.0 Å². The maximum absolute atomic E-state index is 13.5. The van der Waals surface area contributed by atoms with Crippen LogP contribution in [0.2, 0.25) is 0 Å². The fraction of sp³-hybridized carbons (Fsp3) is 0.250. The number of fused-ring (bicyclic) bond motifs is 1. The number of hydrogen-bond acceptors (Lipinski definition) is 4. The molecule has 90 valence electrons. The van der Waals surface area contributed by atoms with Crippen LogP contribution in [0.5, 0.6) is 5.75 Å². The monoisotopic (exact) mass is 238 g/mol. The Morgan fingerprint density at radius 2 is 2.24 bits per heavy atom. The van der Waals surface area contributed by atoms with Crippen LogP contribution in [0.1, 0.15) is 17.3 Å². The van der Waals surface area contributed by atoms with E-state index >= 15 is 0 Å². The third kappa shape index (κ3) is 1.95. The minimum atomic E-state index is -0.549. The summed E-state index contributed by atoms with van der Waals surface area (Å²) in [4.78, 5) is 11.5. The van der Waals surface area contributed by atoms with Gasteiger partial charge in [0.05, 0.1) is 13.7 Å². The second-order valence-electron chi connectivity index (χ2n) is 3.35. The standard InChI is InChI=1S/C12H11FO4/c1-3-16-12(14)8-6-17-10-5-11(15-2)9(13)4-7(8)10/h4-6H,3H2,1-2H3. The van der Waals surface area contributed by atoms with Crippen molar-refractivity contribution in [3.8, 4) is 5.75 Å². The number of benzene rings is 1. The first-order chi connectivity index (χ1) is 8.17. The second kappa shape index (κ2) is 4.45. The first-order valence-corrected chi connectivity index (χ1v) is 5.09. The molecule has 0 atom stereocenters. The molecule has 2 rings (SSSR count). The van der Waals surface area contributed by atoms with Crippen LogP contribution in [0.25, 0.3) is 11.0 Å². The van der Waals surface area contributed by atoms with Gasteiger partial charge in [-0.15, -0.1) is 0 Å². The highest BCUT2D eigenvalue weighted by Crippen LogP contribution is 2.28. The normalized spacial score (nSPS) is 10.5. The van der Waals surface area contributed by atoms with Crippen molar-refractivity contribution in [1.82, 2.24) is 0 Å². The molecule has 0 bridgehead atoms. The molecule has 0 aliphatic carbocycles. The molecule has 0 spiro atoms. The van der Waals surface area contributed by atoms with E-state index in [4.69, 9.17) is 13.9 Å². The highest BCUT2D eigenvalue weighted by molar-refractivity contribution is 6.03. The number of carbonyl (C=O) groups excluding carboxylic acids is 1. The molecule has 4 nitrogen and oxygen atoms in total. The van der Waals surface area contributed by atoms with Crippen LogP contribution in [0.15, 0.2) is 22.8 Å². The summed E-state index contributed by atoms with van der Waals surface area (Å²) >= 11 is 0. The molecule has 0 radical (unpaired) electrons. The molecule has 0 N–H and O–H groups in total. The summed E-state index contributed by atoms with van der Waals surface area (Å²) in [6, 6.07) is 2.59. The SMILES string of the molecule is CCOC(=O)c1coc2cc(OC)c(F)cc12. The largest absolute Gasteiger partial charge is 0.494 e. The van der Waals surface area contributed by atoms with Crippen LogP contribution >= 0.6 is 0 Å². The third-order valence-corrected chi connectivity index (χ3v) is 2.34. The van der Waals surface area contributed by atoms with Gasteiger partial charge in [0.1, 0.15) is 17.4 Å². The van der Waals surface area contributed by atoms with Crippen molar-refractivity contribution < 1.29 is 23.1 Å². The molecule has 0 saturated heterocycles. The molecule has 0 unspecified atom stereocenters. The van der Waals surface area contributed by atoms with Crippen molar-refractivity contribution in [2.24, 2.45) is 0 Å². The second-order valence-corrected chi connectivity index (χ2v) is 3.35. The minimum absolute atomic E-state index is 0.0715. The maximum atomic E-state index is 13.5. The number of furan rings is 1. The number of methoxy groups -OCH3 is 1. The molecule has 1 aromatic heterocycles. The number of hydrogen-bond donors (Lipinski definition) is 0. The van der Waals surface area contributed by atoms with E-state index in [2.05, 4.69) is 0 Å². The summed E-state index contributed by atoms with van der Waals surface area (Å²) in [5, 5.41) is 0.377. The predicted molar refractivity (Wildman–Crippen MR) is 58.7 cm³/mol. The first kappa shape index (κ1) is 11.4. The van der Waals surface area contributed by atoms with Gasteiger partial charge >= 0.3 is 5.97 Å². The molecule has 0 saturated carbocycles. The van der Waals surface area contributed by atoms with Crippen LogP contribution in [0, 0.1) is 5.82 Å². The van der Waals surface area contributed by atoms with Crippen molar-refractivity contribution in [3.63, 3.8) is 0 Å². The summed E-state index contributed by atoms with van der Waals surface area (Å²) in [7, 11) is 1.36. The number of rotatable bonds is 3. The third-order valence-electron chi connectivity index (χ3n) is 2.34. The maximum Gasteiger partial charge on any atom is 0.342 e. The zero-order chi connectivity index (χ0) is 12.4. The van der Waals surface area contributed by atoms with Gasteiger partial charge in [-0.25, -0.2) is 9.18 Å². The summed E-state index contributed by atoms with van der Waals surface area (Å²) in [6.07, 6.45) is 1.25. The van der Waals surface area contributed by atoms with Gasteiger partial charge in [-0.05, 0) is 13.0 Å². The molecule has 2 aromatic rings. The summed E-state index contributed by atoms with van der Waals surface area (Å²) < 4.78 is 28.3. The van der Waals surface area contributed by atoms with Gasteiger partial charge in [-0.1, -0.05) is 0 Å². The van der Waals surface area contributed by atoms with E-state index in [1.807, 2.05) is 0 Å². The number of ether oxygens (including phenoxy) is 2. The van der Waals surface area contributed by atoms with Crippen LogP contribution < -0.4 is 4.74 Å². The molecular formula is C12H11FO4. The zero-order valence-electron chi connectivity index (χ0n) is 9.45. The predicted octanol–water partition coefficient (Wildman–Crippen LogP) is 2.76. The number of halogens is 1. The van der Waals surface area contributed by atoms with E-state index in [1.165, 1.54) is 25.5 Å². The molecular weight excluding hydrogens is 227 g/mol. The van der Waals surface area contributed by atoms with Crippen molar-refractivity contribution in [1.29, 1.82) is 0 Å². The van der Waals surface area contributed by atoms with Crippen LogP contribution in [-0.4, -0.2) is 19.7 Å². The molecule has 17 heavy (non-hydrogen) atoms. The smallest absolute Gasteiger partial charge is 0.342 e. The highest BCUT2D eigenvalue weighted by Gasteiger charge is 2.17. The van der Waals surface area contributed by atoms with Gasteiger partial charge in [-0.2, -0.15) is 0 Å². The summed E-state index contributed by atoms with van der Waals surface area (Å²) in [5.41, 5.74) is 0.592. The number of esters is 1. The van der Waals surface area contributed by atoms with Gasteiger partial charge in [0, 0.05) is 11.5 Å². The van der Waals surface area contributed by atoms with Crippen LogP contribution in [0.3, 0.4) is 0 Å². The lowest BCUT2D eigenvalue weighted by Crippen LogP contribution is -2.03. The van der Waals surface area contributed by atoms with Gasteiger partial charge in [0.25, 0.3) is 0 Å². The molecule has 0 amide bonds. The quantitative estimate of drug-likeness (QED) is 0.771. The molecule has 1 heterocycles. The Kier molecular flexibility index (Phi) is 2.99. The van der Waals surface area contributed by atoms with Gasteiger partial charge in [0.15, 0.2) is 11.6 Å². The molecule has 0 fully saturated rings. The molecule has 0 aliphatic heterocycles.